The highest BCUT2D eigenvalue weighted by Gasteiger charge is 2.20. The molecule has 4 rings (SSSR count). The van der Waals surface area contributed by atoms with Gasteiger partial charge in [0.1, 0.15) is 5.15 Å². The molecule has 1 aliphatic heterocycles. The van der Waals surface area contributed by atoms with Gasteiger partial charge in [0.25, 0.3) is 5.56 Å². The first-order valence-electron chi connectivity index (χ1n) is 9.26. The molecule has 8 nitrogen and oxygen atoms in total. The van der Waals surface area contributed by atoms with Gasteiger partial charge in [0, 0.05) is 69.1 Å². The van der Waals surface area contributed by atoms with Crippen molar-refractivity contribution in [3.05, 3.63) is 56.2 Å². The number of amides is 1. The fraction of sp³-hybridized carbons (Fsp3) is 0.368. The van der Waals surface area contributed by atoms with Crippen molar-refractivity contribution in [2.45, 2.75) is 13.5 Å². The molecule has 29 heavy (non-hydrogen) atoms. The average Bonchev–Trinajstić information content (AvgIpc) is 3.26. The van der Waals surface area contributed by atoms with Gasteiger partial charge in [0.05, 0.1) is 11.4 Å². The Kier molecular flexibility index (Phi) is 5.53. The Bertz CT molecular complexity index is 1140. The second-order valence-corrected chi connectivity index (χ2v) is 8.22. The molecule has 1 saturated heterocycles. The van der Waals surface area contributed by atoms with Crippen LogP contribution in [0.1, 0.15) is 17.0 Å². The number of fused-ring (bicyclic) bond motifs is 1. The van der Waals surface area contributed by atoms with Crippen molar-refractivity contribution in [2.75, 3.05) is 26.2 Å². The number of halogens is 1. The quantitative estimate of drug-likeness (QED) is 0.588. The largest absolute Gasteiger partial charge is 0.337 e. The van der Waals surface area contributed by atoms with Crippen molar-refractivity contribution in [1.82, 2.24) is 29.0 Å². The highest BCUT2D eigenvalue weighted by Crippen LogP contribution is 2.20. The van der Waals surface area contributed by atoms with E-state index in [0.717, 1.165) is 30.0 Å². The third-order valence-corrected chi connectivity index (χ3v) is 6.22. The van der Waals surface area contributed by atoms with Gasteiger partial charge in [-0.25, -0.2) is 4.98 Å². The Morgan fingerprint density at radius 2 is 2.07 bits per heavy atom. The van der Waals surface area contributed by atoms with Gasteiger partial charge in [-0.15, -0.1) is 11.3 Å². The molecule has 0 saturated carbocycles. The van der Waals surface area contributed by atoms with Crippen LogP contribution < -0.4 is 5.56 Å². The van der Waals surface area contributed by atoms with Gasteiger partial charge >= 0.3 is 0 Å². The highest BCUT2D eigenvalue weighted by molar-refractivity contribution is 7.15. The monoisotopic (exact) mass is 432 g/mol. The van der Waals surface area contributed by atoms with Crippen molar-refractivity contribution < 1.29 is 4.79 Å². The summed E-state index contributed by atoms with van der Waals surface area (Å²) < 4.78 is 3.14. The van der Waals surface area contributed by atoms with Crippen LogP contribution in [-0.4, -0.2) is 61.1 Å². The van der Waals surface area contributed by atoms with Crippen LogP contribution in [0.3, 0.4) is 0 Å². The first-order chi connectivity index (χ1) is 13.9. The molecular formula is C19H21ClN6O2S. The molecule has 0 radical (unpaired) electrons. The zero-order valence-electron chi connectivity index (χ0n) is 16.2. The van der Waals surface area contributed by atoms with Crippen LogP contribution in [0.2, 0.25) is 5.15 Å². The summed E-state index contributed by atoms with van der Waals surface area (Å²) in [7, 11) is 1.77. The summed E-state index contributed by atoms with van der Waals surface area (Å²) in [6.07, 6.45) is 5.02. The van der Waals surface area contributed by atoms with E-state index in [0.29, 0.717) is 29.7 Å². The maximum absolute atomic E-state index is 12.5. The molecule has 1 amide bonds. The molecule has 3 aromatic rings. The first kappa shape index (κ1) is 19.8. The van der Waals surface area contributed by atoms with E-state index < -0.39 is 0 Å². The van der Waals surface area contributed by atoms with E-state index >= 15 is 0 Å². The van der Waals surface area contributed by atoms with Crippen molar-refractivity contribution in [3.8, 4) is 0 Å². The number of carbonyl (C=O) groups excluding carboxylic acids is 1. The number of aryl methyl sites for hydroxylation is 2. The molecule has 0 aromatic carbocycles. The average molecular weight is 433 g/mol. The highest BCUT2D eigenvalue weighted by atomic mass is 35.5. The molecule has 0 atom stereocenters. The van der Waals surface area contributed by atoms with E-state index in [-0.39, 0.29) is 11.5 Å². The molecule has 0 N–H and O–H groups in total. The van der Waals surface area contributed by atoms with Gasteiger partial charge in [-0.05, 0) is 13.0 Å². The second-order valence-electron chi connectivity index (χ2n) is 6.99. The number of nitrogens with zero attached hydrogens (tertiary/aromatic N) is 6. The molecule has 0 unspecified atom stereocenters. The Morgan fingerprint density at radius 1 is 1.31 bits per heavy atom. The normalized spacial score (nSPS) is 15.6. The fourth-order valence-corrected chi connectivity index (χ4v) is 4.40. The fourth-order valence-electron chi connectivity index (χ4n) is 3.42. The minimum absolute atomic E-state index is 0.0413. The zero-order valence-corrected chi connectivity index (χ0v) is 17.8. The van der Waals surface area contributed by atoms with Gasteiger partial charge in [0.2, 0.25) is 5.91 Å². The van der Waals surface area contributed by atoms with E-state index in [1.165, 1.54) is 11.3 Å². The summed E-state index contributed by atoms with van der Waals surface area (Å²) >= 11 is 7.65. The molecule has 1 fully saturated rings. The maximum atomic E-state index is 12.5. The number of rotatable bonds is 4. The minimum atomic E-state index is -0.0606. The molecule has 4 heterocycles. The molecule has 0 spiro atoms. The first-order valence-corrected chi connectivity index (χ1v) is 10.5. The minimum Gasteiger partial charge on any atom is -0.337 e. The van der Waals surface area contributed by atoms with Crippen LogP contribution in [-0.2, 0) is 18.4 Å². The molecule has 3 aromatic heterocycles. The molecule has 1 aliphatic rings. The number of hydrogen-bond donors (Lipinski definition) is 0. The van der Waals surface area contributed by atoms with Gasteiger partial charge in [-0.3, -0.25) is 23.6 Å². The van der Waals surface area contributed by atoms with Crippen LogP contribution in [0, 0.1) is 6.92 Å². The molecular weight excluding hydrogens is 412 g/mol. The number of aromatic nitrogens is 4. The molecule has 0 bridgehead atoms. The topological polar surface area (TPSA) is 75.7 Å². The van der Waals surface area contributed by atoms with E-state index in [9.17, 15) is 9.59 Å². The van der Waals surface area contributed by atoms with Crippen LogP contribution in [0.5, 0.6) is 0 Å². The van der Waals surface area contributed by atoms with Crippen LogP contribution in [0.25, 0.3) is 11.0 Å². The van der Waals surface area contributed by atoms with Crippen LogP contribution >= 0.6 is 22.9 Å². The van der Waals surface area contributed by atoms with Crippen molar-refractivity contribution in [1.29, 1.82) is 0 Å². The van der Waals surface area contributed by atoms with Crippen molar-refractivity contribution in [3.63, 3.8) is 0 Å². The van der Waals surface area contributed by atoms with Crippen LogP contribution in [0.4, 0.5) is 0 Å². The molecule has 0 aliphatic carbocycles. The Labute approximate surface area is 176 Å². The summed E-state index contributed by atoms with van der Waals surface area (Å²) in [5.41, 5.74) is 2.26. The number of hydrogen-bond acceptors (Lipinski definition) is 6. The third kappa shape index (κ3) is 4.12. The SMILES string of the molecule is Cc1nn(C)c(Cl)c1C=CC(=O)N1CCN(Cc2cc(=O)n3ccsc3n2)CC1. The lowest BCUT2D eigenvalue weighted by molar-refractivity contribution is -0.127. The summed E-state index contributed by atoms with van der Waals surface area (Å²) in [6.45, 7) is 5.19. The zero-order chi connectivity index (χ0) is 20.5. The van der Waals surface area contributed by atoms with Gasteiger partial charge in [0.15, 0.2) is 4.96 Å². The number of carbonyl (C=O) groups is 1. The Hall–Kier alpha value is -2.49. The summed E-state index contributed by atoms with van der Waals surface area (Å²) in [5, 5.41) is 6.61. The number of thiazole rings is 1. The van der Waals surface area contributed by atoms with Gasteiger partial charge < -0.3 is 4.90 Å². The molecule has 152 valence electrons. The predicted octanol–water partition coefficient (Wildman–Crippen LogP) is 1.81. The standard InChI is InChI=1S/C19H21ClN6O2S/c1-13-15(18(20)23(2)22-13)3-4-16(27)25-7-5-24(6-8-25)12-14-11-17(28)26-9-10-29-19(26)21-14/h3-4,9-11H,5-8,12H2,1-2H3. The third-order valence-electron chi connectivity index (χ3n) is 5.01. The van der Waals surface area contributed by atoms with Gasteiger partial charge in [-0.1, -0.05) is 11.6 Å². The summed E-state index contributed by atoms with van der Waals surface area (Å²) in [4.78, 5) is 33.9. The van der Waals surface area contributed by atoms with Crippen molar-refractivity contribution >= 4 is 39.9 Å². The lowest BCUT2D eigenvalue weighted by Gasteiger charge is -2.34. The second kappa shape index (κ2) is 8.10. The van der Waals surface area contributed by atoms with Gasteiger partial charge in [-0.2, -0.15) is 5.10 Å². The smallest absolute Gasteiger partial charge is 0.258 e. The number of piperazine rings is 1. The van der Waals surface area contributed by atoms with E-state index in [2.05, 4.69) is 15.0 Å². The van der Waals surface area contributed by atoms with Crippen molar-refractivity contribution in [2.24, 2.45) is 7.05 Å². The van der Waals surface area contributed by atoms with E-state index in [1.54, 1.807) is 40.5 Å². The Morgan fingerprint density at radius 3 is 2.76 bits per heavy atom. The van der Waals surface area contributed by atoms with E-state index in [1.807, 2.05) is 17.2 Å². The summed E-state index contributed by atoms with van der Waals surface area (Å²) in [5.74, 6) is -0.0413. The molecule has 10 heteroatoms. The summed E-state index contributed by atoms with van der Waals surface area (Å²) in [6, 6.07) is 1.58. The predicted molar refractivity (Wildman–Crippen MR) is 113 cm³/mol. The Balaban J connectivity index is 1.35. The van der Waals surface area contributed by atoms with E-state index in [4.69, 9.17) is 11.6 Å². The lowest BCUT2D eigenvalue weighted by atomic mass is 10.2. The van der Waals surface area contributed by atoms with Crippen LogP contribution in [0.15, 0.2) is 28.5 Å². The lowest BCUT2D eigenvalue weighted by Crippen LogP contribution is -2.48. The maximum Gasteiger partial charge on any atom is 0.258 e.